The van der Waals surface area contributed by atoms with E-state index < -0.39 is 0 Å². The number of ether oxygens (including phenoxy) is 2. The molecular formula is C23H28N2O4. The Morgan fingerprint density at radius 3 is 2.48 bits per heavy atom. The Balaban J connectivity index is 1.36. The maximum Gasteiger partial charge on any atom is 0.260 e. The van der Waals surface area contributed by atoms with E-state index in [0.29, 0.717) is 38.2 Å². The summed E-state index contributed by atoms with van der Waals surface area (Å²) in [5, 5.41) is 3.02. The molecule has 0 saturated carbocycles. The average molecular weight is 396 g/mol. The predicted molar refractivity (Wildman–Crippen MR) is 111 cm³/mol. The number of carbonyl (C=O) groups excluding carboxylic acids is 2. The van der Waals surface area contributed by atoms with Gasteiger partial charge in [0.05, 0.1) is 7.11 Å². The number of para-hydroxylation sites is 1. The van der Waals surface area contributed by atoms with Crippen LogP contribution >= 0.6 is 0 Å². The zero-order valence-corrected chi connectivity index (χ0v) is 16.8. The van der Waals surface area contributed by atoms with Gasteiger partial charge in [-0.1, -0.05) is 30.3 Å². The minimum absolute atomic E-state index is 0.0292. The van der Waals surface area contributed by atoms with Crippen LogP contribution in [0.2, 0.25) is 0 Å². The Labute approximate surface area is 171 Å². The Hall–Kier alpha value is -3.02. The number of rotatable bonds is 8. The van der Waals surface area contributed by atoms with Gasteiger partial charge >= 0.3 is 0 Å². The fraction of sp³-hybridized carbons (Fsp3) is 0.391. The zero-order valence-electron chi connectivity index (χ0n) is 16.8. The summed E-state index contributed by atoms with van der Waals surface area (Å²) >= 11 is 0. The van der Waals surface area contributed by atoms with Gasteiger partial charge in [0.15, 0.2) is 6.61 Å². The molecule has 0 unspecified atom stereocenters. The van der Waals surface area contributed by atoms with Gasteiger partial charge in [0.25, 0.3) is 5.91 Å². The second-order valence-electron chi connectivity index (χ2n) is 7.15. The fourth-order valence-corrected chi connectivity index (χ4v) is 3.45. The molecule has 2 aromatic rings. The summed E-state index contributed by atoms with van der Waals surface area (Å²) in [5.74, 6) is 1.50. The number of carbonyl (C=O) groups is 2. The quantitative estimate of drug-likeness (QED) is 0.745. The van der Waals surface area contributed by atoms with Crippen molar-refractivity contribution >= 4 is 11.8 Å². The maximum absolute atomic E-state index is 12.4. The van der Waals surface area contributed by atoms with E-state index in [1.807, 2.05) is 54.6 Å². The first-order valence-electron chi connectivity index (χ1n) is 10.0. The zero-order chi connectivity index (χ0) is 20.5. The lowest BCUT2D eigenvalue weighted by Gasteiger charge is -2.31. The third-order valence-electron chi connectivity index (χ3n) is 5.17. The third kappa shape index (κ3) is 6.24. The molecule has 1 aliphatic rings. The minimum Gasteiger partial charge on any atom is -0.497 e. The van der Waals surface area contributed by atoms with Gasteiger partial charge in [0.1, 0.15) is 11.5 Å². The van der Waals surface area contributed by atoms with Gasteiger partial charge in [-0.25, -0.2) is 0 Å². The molecule has 0 radical (unpaired) electrons. The van der Waals surface area contributed by atoms with E-state index >= 15 is 0 Å². The van der Waals surface area contributed by atoms with Crippen molar-refractivity contribution in [1.29, 1.82) is 0 Å². The Bertz CT molecular complexity index is 802. The third-order valence-corrected chi connectivity index (χ3v) is 5.17. The standard InChI is InChI=1S/C23H28N2O4/c1-28-21-9-5-6-18(16-21)10-13-24-23(27)19-11-14-25(15-12-19)22(26)17-29-20-7-3-2-4-8-20/h2-9,16,19H,10-15,17H2,1H3,(H,24,27). The lowest BCUT2D eigenvalue weighted by molar-refractivity contribution is -0.137. The fourth-order valence-electron chi connectivity index (χ4n) is 3.45. The highest BCUT2D eigenvalue weighted by atomic mass is 16.5. The molecule has 1 heterocycles. The van der Waals surface area contributed by atoms with E-state index in [4.69, 9.17) is 9.47 Å². The van der Waals surface area contributed by atoms with Gasteiger partial charge in [-0.2, -0.15) is 0 Å². The van der Waals surface area contributed by atoms with Crippen molar-refractivity contribution < 1.29 is 19.1 Å². The molecule has 2 aromatic carbocycles. The van der Waals surface area contributed by atoms with Crippen LogP contribution in [0.4, 0.5) is 0 Å². The molecule has 0 aromatic heterocycles. The summed E-state index contributed by atoms with van der Waals surface area (Å²) in [7, 11) is 1.64. The summed E-state index contributed by atoms with van der Waals surface area (Å²) in [5.41, 5.74) is 1.13. The van der Waals surface area contributed by atoms with Crippen LogP contribution in [0, 0.1) is 5.92 Å². The monoisotopic (exact) mass is 396 g/mol. The van der Waals surface area contributed by atoms with Crippen molar-refractivity contribution in [3.63, 3.8) is 0 Å². The van der Waals surface area contributed by atoms with E-state index in [0.717, 1.165) is 17.7 Å². The van der Waals surface area contributed by atoms with Crippen molar-refractivity contribution in [2.45, 2.75) is 19.3 Å². The van der Waals surface area contributed by atoms with Crippen molar-refractivity contribution in [2.24, 2.45) is 5.92 Å². The maximum atomic E-state index is 12.4. The second-order valence-corrected chi connectivity index (χ2v) is 7.15. The van der Waals surface area contributed by atoms with Crippen LogP contribution in [0.5, 0.6) is 11.5 Å². The van der Waals surface area contributed by atoms with Crippen molar-refractivity contribution in [3.05, 3.63) is 60.2 Å². The molecule has 2 amide bonds. The first kappa shape index (κ1) is 20.7. The molecule has 6 nitrogen and oxygen atoms in total. The number of likely N-dealkylation sites (tertiary alicyclic amines) is 1. The molecule has 0 spiro atoms. The summed E-state index contributed by atoms with van der Waals surface area (Å²) in [6, 6.07) is 17.2. The van der Waals surface area contributed by atoms with Crippen LogP contribution in [0.25, 0.3) is 0 Å². The highest BCUT2D eigenvalue weighted by molar-refractivity contribution is 5.80. The van der Waals surface area contributed by atoms with Gasteiger partial charge in [-0.3, -0.25) is 9.59 Å². The van der Waals surface area contributed by atoms with E-state index in [9.17, 15) is 9.59 Å². The number of benzene rings is 2. The van der Waals surface area contributed by atoms with Gasteiger partial charge in [0, 0.05) is 25.6 Å². The van der Waals surface area contributed by atoms with E-state index in [1.54, 1.807) is 12.0 Å². The molecule has 29 heavy (non-hydrogen) atoms. The molecule has 154 valence electrons. The highest BCUT2D eigenvalue weighted by Gasteiger charge is 2.27. The summed E-state index contributed by atoms with van der Waals surface area (Å²) in [6.07, 6.45) is 2.13. The van der Waals surface area contributed by atoms with Crippen molar-refractivity contribution in [2.75, 3.05) is 33.4 Å². The molecule has 0 atom stereocenters. The smallest absolute Gasteiger partial charge is 0.260 e. The first-order valence-corrected chi connectivity index (χ1v) is 10.0. The molecule has 3 rings (SSSR count). The van der Waals surface area contributed by atoms with Crippen molar-refractivity contribution in [3.8, 4) is 11.5 Å². The molecule has 1 N–H and O–H groups in total. The Kier molecular flexibility index (Phi) is 7.50. The molecule has 1 saturated heterocycles. The van der Waals surface area contributed by atoms with Crippen LogP contribution in [-0.2, 0) is 16.0 Å². The normalized spacial score (nSPS) is 14.3. The van der Waals surface area contributed by atoms with Crippen LogP contribution in [0.1, 0.15) is 18.4 Å². The molecule has 6 heteroatoms. The topological polar surface area (TPSA) is 67.9 Å². The molecule has 1 aliphatic heterocycles. The lowest BCUT2D eigenvalue weighted by atomic mass is 9.96. The van der Waals surface area contributed by atoms with Crippen LogP contribution in [0.15, 0.2) is 54.6 Å². The number of piperidine rings is 1. The lowest BCUT2D eigenvalue weighted by Crippen LogP contribution is -2.44. The predicted octanol–water partition coefficient (Wildman–Crippen LogP) is 2.67. The second kappa shape index (κ2) is 10.5. The van der Waals surface area contributed by atoms with Gasteiger partial charge in [0.2, 0.25) is 5.91 Å². The summed E-state index contributed by atoms with van der Waals surface area (Å²) < 4.78 is 10.7. The van der Waals surface area contributed by atoms with E-state index in [1.165, 1.54) is 0 Å². The number of amides is 2. The Morgan fingerprint density at radius 2 is 1.76 bits per heavy atom. The molecule has 1 fully saturated rings. The van der Waals surface area contributed by atoms with E-state index in [2.05, 4.69) is 5.32 Å². The SMILES string of the molecule is COc1cccc(CCNC(=O)C2CCN(C(=O)COc3ccccc3)CC2)c1. The number of methoxy groups -OCH3 is 1. The largest absolute Gasteiger partial charge is 0.497 e. The number of hydrogen-bond acceptors (Lipinski definition) is 4. The van der Waals surface area contributed by atoms with Crippen molar-refractivity contribution in [1.82, 2.24) is 10.2 Å². The number of nitrogens with zero attached hydrogens (tertiary/aromatic N) is 1. The minimum atomic E-state index is -0.0422. The highest BCUT2D eigenvalue weighted by Crippen LogP contribution is 2.18. The first-order chi connectivity index (χ1) is 14.2. The summed E-state index contributed by atoms with van der Waals surface area (Å²) in [4.78, 5) is 26.5. The number of hydrogen-bond donors (Lipinski definition) is 1. The number of nitrogens with one attached hydrogen (secondary N) is 1. The van der Waals surface area contributed by atoms with Crippen LogP contribution < -0.4 is 14.8 Å². The average Bonchev–Trinajstić information content (AvgIpc) is 2.78. The van der Waals surface area contributed by atoms with Crippen LogP contribution in [-0.4, -0.2) is 50.1 Å². The van der Waals surface area contributed by atoms with Crippen LogP contribution in [0.3, 0.4) is 0 Å². The molecular weight excluding hydrogens is 368 g/mol. The molecule has 0 bridgehead atoms. The molecule has 0 aliphatic carbocycles. The van der Waals surface area contributed by atoms with Gasteiger partial charge in [-0.15, -0.1) is 0 Å². The summed E-state index contributed by atoms with van der Waals surface area (Å²) in [6.45, 7) is 1.80. The van der Waals surface area contributed by atoms with Gasteiger partial charge < -0.3 is 19.7 Å². The van der Waals surface area contributed by atoms with E-state index in [-0.39, 0.29) is 24.3 Å². The Morgan fingerprint density at radius 1 is 1.03 bits per heavy atom. The van der Waals surface area contributed by atoms with Gasteiger partial charge in [-0.05, 0) is 49.1 Å².